The number of ether oxygens (including phenoxy) is 1. The van der Waals surface area contributed by atoms with Gasteiger partial charge in [0.15, 0.2) is 0 Å². The van der Waals surface area contributed by atoms with Crippen LogP contribution in [0.4, 0.5) is 24.7 Å². The van der Waals surface area contributed by atoms with Crippen molar-refractivity contribution in [3.8, 4) is 27.3 Å². The number of aromatic nitrogens is 4. The molecule has 17 nitrogen and oxygen atoms in total. The quantitative estimate of drug-likeness (QED) is 0.0594. The Balaban J connectivity index is 0.789. The van der Waals surface area contributed by atoms with Crippen LogP contribution in [0.25, 0.3) is 32.6 Å². The number of aliphatic hydroxyl groups excluding tert-OH is 1. The van der Waals surface area contributed by atoms with Crippen molar-refractivity contribution in [2.75, 3.05) is 43.4 Å². The van der Waals surface area contributed by atoms with Gasteiger partial charge in [0.25, 0.3) is 0 Å². The summed E-state index contributed by atoms with van der Waals surface area (Å²) in [6.07, 6.45) is 0.789. The van der Waals surface area contributed by atoms with Crippen LogP contribution in [-0.4, -0.2) is 121 Å². The topological polar surface area (TPSA) is 218 Å². The maximum Gasteiger partial charge on any atom is 0.573 e. The fraction of sp³-hybridized carbons (Fsp3) is 0.467. The zero-order valence-electron chi connectivity index (χ0n) is 46.8. The molecule has 5 N–H and O–H groups in total. The number of aryl methyl sites for hydroxylation is 1. The zero-order chi connectivity index (χ0) is 58.1. The number of nitrogens with two attached hydrogens (primary N) is 1. The Morgan fingerprint density at radius 1 is 0.914 bits per heavy atom. The third-order valence-corrected chi connectivity index (χ3v) is 17.7. The largest absolute Gasteiger partial charge is 0.573 e. The molecule has 2 fully saturated rings. The van der Waals surface area contributed by atoms with Crippen molar-refractivity contribution < 1.29 is 47.0 Å². The van der Waals surface area contributed by atoms with Crippen LogP contribution in [-0.2, 0) is 36.8 Å². The first kappa shape index (κ1) is 58.4. The van der Waals surface area contributed by atoms with Gasteiger partial charge in [-0.3, -0.25) is 24.1 Å². The van der Waals surface area contributed by atoms with Crippen molar-refractivity contribution in [1.29, 1.82) is 0 Å². The standard InChI is InChI=1S/C60H71F3N10O7S/c1-35(23-50(76)69-59(32-74,58(5,6)7)31-71-29-45(75)28-49(71)57(79)68-37(3)40-11-13-41(14-12-40)54-38(4)67-34-81-54)36(2)24-51(77)70-20-18-44(19-21-70)73-30-47(53-55(64)65-33-66-56(53)73)42-15-16-48-43(27-42)17-22-72(48)52(78)26-39-9-8-10-46(25-39)80-60(61,62)63/h8-16,25,27,30,32-37,44-45,49,75H,17-24,26,28-29,31H2,1-7H3,(H,68,79)(H,69,76)(H2,64,65,66)/t35?,36?,37-,45+,49-,59-/m0/s1. The highest BCUT2D eigenvalue weighted by Gasteiger charge is 2.49. The van der Waals surface area contributed by atoms with Crippen molar-refractivity contribution in [3.63, 3.8) is 0 Å². The van der Waals surface area contributed by atoms with Crippen LogP contribution in [0.1, 0.15) is 108 Å². The summed E-state index contributed by atoms with van der Waals surface area (Å²) in [6, 6.07) is 18.1. The number of amides is 4. The minimum atomic E-state index is -4.85. The van der Waals surface area contributed by atoms with Gasteiger partial charge in [-0.05, 0) is 109 Å². The van der Waals surface area contributed by atoms with Crippen molar-refractivity contribution >= 4 is 63.8 Å². The molecule has 3 aliphatic heterocycles. The van der Waals surface area contributed by atoms with E-state index in [9.17, 15) is 42.3 Å². The normalized spacial score (nSPS) is 19.0. The second-order valence-corrected chi connectivity index (χ2v) is 24.1. The number of anilines is 2. The van der Waals surface area contributed by atoms with Gasteiger partial charge >= 0.3 is 6.36 Å². The molecule has 2 saturated heterocycles. The van der Waals surface area contributed by atoms with Gasteiger partial charge in [-0.25, -0.2) is 15.0 Å². The zero-order valence-corrected chi connectivity index (χ0v) is 47.6. The molecule has 6 heterocycles. The Bertz CT molecular complexity index is 3300. The summed E-state index contributed by atoms with van der Waals surface area (Å²) in [5.74, 6) is -1.37. The van der Waals surface area contributed by atoms with Gasteiger partial charge < -0.3 is 45.4 Å². The minimum Gasteiger partial charge on any atom is -0.406 e. The highest BCUT2D eigenvalue weighted by Crippen LogP contribution is 2.41. The van der Waals surface area contributed by atoms with E-state index in [0.717, 1.165) is 50.4 Å². The molecule has 0 bridgehead atoms. The van der Waals surface area contributed by atoms with E-state index in [1.165, 1.54) is 24.5 Å². The Kier molecular flexibility index (Phi) is 17.1. The number of benzene rings is 3. The predicted octanol–water partition coefficient (Wildman–Crippen LogP) is 8.77. The second-order valence-electron chi connectivity index (χ2n) is 23.2. The lowest BCUT2D eigenvalue weighted by Crippen LogP contribution is -2.65. The molecule has 4 amide bonds. The first-order valence-corrected chi connectivity index (χ1v) is 28.5. The lowest BCUT2D eigenvalue weighted by Gasteiger charge is -2.44. The first-order valence-electron chi connectivity index (χ1n) is 27.6. The van der Waals surface area contributed by atoms with Crippen LogP contribution in [0.5, 0.6) is 5.75 Å². The fourth-order valence-corrected chi connectivity index (χ4v) is 12.4. The molecule has 430 valence electrons. The molecule has 0 radical (unpaired) electrons. The van der Waals surface area contributed by atoms with E-state index < -0.39 is 29.5 Å². The Hall–Kier alpha value is -7.23. The number of piperidine rings is 1. The number of thiazole rings is 1. The number of aliphatic hydroxyl groups is 1. The summed E-state index contributed by atoms with van der Waals surface area (Å²) >= 11 is 1.57. The molecule has 0 spiro atoms. The van der Waals surface area contributed by atoms with E-state index in [0.29, 0.717) is 61.3 Å². The highest BCUT2D eigenvalue weighted by atomic mass is 32.1. The van der Waals surface area contributed by atoms with E-state index in [1.54, 1.807) is 27.2 Å². The van der Waals surface area contributed by atoms with Gasteiger partial charge in [-0.1, -0.05) is 77.1 Å². The average Bonchev–Trinajstić information content (AvgIpc) is 4.45. The lowest BCUT2D eigenvalue weighted by atomic mass is 9.73. The van der Waals surface area contributed by atoms with Crippen molar-refractivity contribution in [2.45, 2.75) is 130 Å². The molecular weight excluding hydrogens is 1060 g/mol. The number of likely N-dealkylation sites (tertiary alicyclic amines) is 2. The lowest BCUT2D eigenvalue weighted by molar-refractivity contribution is -0.274. The number of hydrogen-bond donors (Lipinski definition) is 4. The molecule has 3 aromatic carbocycles. The van der Waals surface area contributed by atoms with Gasteiger partial charge in [0, 0.05) is 69.1 Å². The highest BCUT2D eigenvalue weighted by molar-refractivity contribution is 7.13. The number of aldehydes is 1. The number of alkyl halides is 3. The number of fused-ring (bicyclic) bond motifs is 2. The van der Waals surface area contributed by atoms with Crippen molar-refractivity contribution in [2.24, 2.45) is 17.3 Å². The fourth-order valence-electron chi connectivity index (χ4n) is 11.6. The van der Waals surface area contributed by atoms with Crippen LogP contribution >= 0.6 is 11.3 Å². The molecule has 6 atom stereocenters. The molecule has 9 rings (SSSR count). The van der Waals surface area contributed by atoms with Crippen molar-refractivity contribution in [3.05, 3.63) is 107 Å². The number of carbonyl (C=O) groups is 5. The van der Waals surface area contributed by atoms with Crippen LogP contribution in [0.15, 0.2) is 84.8 Å². The summed E-state index contributed by atoms with van der Waals surface area (Å²) in [5.41, 5.74) is 13.5. The molecule has 3 aliphatic rings. The summed E-state index contributed by atoms with van der Waals surface area (Å²) in [6.45, 7) is 14.9. The van der Waals surface area contributed by atoms with Gasteiger partial charge in [0.2, 0.25) is 23.6 Å². The van der Waals surface area contributed by atoms with E-state index in [1.807, 2.05) is 108 Å². The van der Waals surface area contributed by atoms with Gasteiger partial charge in [-0.15, -0.1) is 24.5 Å². The van der Waals surface area contributed by atoms with Gasteiger partial charge in [0.1, 0.15) is 35.4 Å². The molecule has 6 aromatic rings. The minimum absolute atomic E-state index is 0.00560. The molecule has 21 heteroatoms. The molecular formula is C60H71F3N10O7S. The molecule has 0 aliphatic carbocycles. The monoisotopic (exact) mass is 1130 g/mol. The maximum absolute atomic E-state index is 14.0. The summed E-state index contributed by atoms with van der Waals surface area (Å²) in [4.78, 5) is 88.4. The van der Waals surface area contributed by atoms with E-state index in [-0.39, 0.29) is 92.1 Å². The molecule has 3 aromatic heterocycles. The Labute approximate surface area is 473 Å². The van der Waals surface area contributed by atoms with E-state index >= 15 is 0 Å². The van der Waals surface area contributed by atoms with Crippen LogP contribution in [0.2, 0.25) is 0 Å². The summed E-state index contributed by atoms with van der Waals surface area (Å²) in [5, 5.41) is 17.8. The molecule has 81 heavy (non-hydrogen) atoms. The number of nitrogens with one attached hydrogen (secondary N) is 2. The van der Waals surface area contributed by atoms with Gasteiger partial charge in [0.05, 0.1) is 46.1 Å². The van der Waals surface area contributed by atoms with Crippen LogP contribution < -0.4 is 26.0 Å². The Morgan fingerprint density at radius 3 is 2.31 bits per heavy atom. The first-order chi connectivity index (χ1) is 38.4. The van der Waals surface area contributed by atoms with Crippen LogP contribution in [0, 0.1) is 24.2 Å². The number of rotatable bonds is 18. The van der Waals surface area contributed by atoms with E-state index in [2.05, 4.69) is 34.9 Å². The third-order valence-electron chi connectivity index (χ3n) is 16.7. The summed E-state index contributed by atoms with van der Waals surface area (Å²) in [7, 11) is 0. The number of nitrogen functional groups attached to an aromatic ring is 1. The number of carbonyl (C=O) groups excluding carboxylic acids is 5. The van der Waals surface area contributed by atoms with E-state index in [4.69, 9.17) is 5.73 Å². The number of nitrogens with zero attached hydrogens (tertiary/aromatic N) is 7. The molecule has 2 unspecified atom stereocenters. The molecule has 0 saturated carbocycles. The van der Waals surface area contributed by atoms with Crippen molar-refractivity contribution in [1.82, 2.24) is 40.0 Å². The average molecular weight is 1130 g/mol. The second kappa shape index (κ2) is 23.7. The predicted molar refractivity (Wildman–Crippen MR) is 304 cm³/mol. The third kappa shape index (κ3) is 12.9. The number of β-amino-alcohol motifs (C(OH)–C–C–N with tert-alkyl or cyclic N) is 1. The smallest absolute Gasteiger partial charge is 0.406 e. The van der Waals surface area contributed by atoms with Crippen LogP contribution in [0.3, 0.4) is 0 Å². The van der Waals surface area contributed by atoms with Gasteiger partial charge in [-0.2, -0.15) is 0 Å². The SMILES string of the molecule is Cc1ncsc1-c1ccc([C@H](C)NC(=O)[C@@H]2C[C@@H](O)CN2C[C@@](C=O)(NC(=O)CC(C)C(C)CC(=O)N2CCC(n3cc(-c4ccc5c(c4)CCN5C(=O)Cc4cccc(OC(F)(F)F)c4)c4c(N)ncnc43)CC2)C(C)(C)C)cc1. The summed E-state index contributed by atoms with van der Waals surface area (Å²) < 4.78 is 44.7. The number of hydrogen-bond acceptors (Lipinski definition) is 13. The number of halogens is 3. The maximum atomic E-state index is 14.0. The Morgan fingerprint density at radius 2 is 1.63 bits per heavy atom.